The van der Waals surface area contributed by atoms with E-state index in [0.29, 0.717) is 11.4 Å². The summed E-state index contributed by atoms with van der Waals surface area (Å²) in [6.07, 6.45) is 0. The summed E-state index contributed by atoms with van der Waals surface area (Å²) >= 11 is 0. The fourth-order valence-corrected chi connectivity index (χ4v) is 7.63. The Balaban J connectivity index is 1.14. The summed E-state index contributed by atoms with van der Waals surface area (Å²) in [7, 11) is 0. The lowest BCUT2D eigenvalue weighted by molar-refractivity contribution is 0.660. The highest BCUT2D eigenvalue weighted by Gasteiger charge is 2.37. The topological polar surface area (TPSA) is 49.6 Å². The first-order valence-corrected chi connectivity index (χ1v) is 17.3. The number of hydrogen-bond acceptors (Lipinski definition) is 3. The van der Waals surface area contributed by atoms with Crippen LogP contribution in [0, 0.1) is 11.3 Å². The zero-order chi connectivity index (χ0) is 34.5. The number of rotatable bonds is 5. The van der Waals surface area contributed by atoms with Gasteiger partial charge in [-0.3, -0.25) is 0 Å². The van der Waals surface area contributed by atoms with Crippen LogP contribution in [0.1, 0.15) is 30.5 Å². The highest BCUT2D eigenvalue weighted by Crippen LogP contribution is 2.52. The molecule has 0 amide bonds. The summed E-state index contributed by atoms with van der Waals surface area (Å²) in [6, 6.07) is 59.7. The van der Waals surface area contributed by atoms with Crippen molar-refractivity contribution in [2.75, 3.05) is 0 Å². The molecule has 0 spiro atoms. The van der Waals surface area contributed by atoms with Crippen LogP contribution in [0.3, 0.4) is 0 Å². The third kappa shape index (κ3) is 5.30. The average Bonchev–Trinajstić information content (AvgIpc) is 3.43. The van der Waals surface area contributed by atoms with Crippen molar-refractivity contribution < 1.29 is 0 Å². The molecule has 0 N–H and O–H groups in total. The summed E-state index contributed by atoms with van der Waals surface area (Å²) in [5.41, 5.74) is 14.9. The maximum Gasteiger partial charge on any atom is 0.160 e. The van der Waals surface area contributed by atoms with Crippen molar-refractivity contribution in [3.63, 3.8) is 0 Å². The van der Waals surface area contributed by atoms with Crippen molar-refractivity contribution in [1.29, 1.82) is 5.26 Å². The first kappa shape index (κ1) is 30.4. The van der Waals surface area contributed by atoms with Crippen LogP contribution < -0.4 is 0 Å². The predicted molar refractivity (Wildman–Crippen MR) is 209 cm³/mol. The van der Waals surface area contributed by atoms with Gasteiger partial charge in [0.05, 0.1) is 23.0 Å². The third-order valence-electron chi connectivity index (χ3n) is 10.3. The van der Waals surface area contributed by atoms with Gasteiger partial charge in [0.1, 0.15) is 0 Å². The molecule has 3 nitrogen and oxygen atoms in total. The molecule has 8 aromatic rings. The van der Waals surface area contributed by atoms with Gasteiger partial charge < -0.3 is 0 Å². The smallest absolute Gasteiger partial charge is 0.160 e. The molecule has 3 heteroatoms. The van der Waals surface area contributed by atoms with Gasteiger partial charge >= 0.3 is 0 Å². The van der Waals surface area contributed by atoms with E-state index in [-0.39, 0.29) is 5.41 Å². The summed E-state index contributed by atoms with van der Waals surface area (Å²) in [5.74, 6) is 0.689. The van der Waals surface area contributed by atoms with Crippen LogP contribution in [0.2, 0.25) is 0 Å². The first-order chi connectivity index (χ1) is 25.0. The lowest BCUT2D eigenvalue weighted by Gasteiger charge is -2.21. The average molecular weight is 652 g/mol. The maximum atomic E-state index is 9.63. The van der Waals surface area contributed by atoms with Crippen LogP contribution in [0.25, 0.3) is 78.1 Å². The quantitative estimate of drug-likeness (QED) is 0.186. The predicted octanol–water partition coefficient (Wildman–Crippen LogP) is 12.1. The molecule has 0 fully saturated rings. The highest BCUT2D eigenvalue weighted by molar-refractivity contribution is 5.94. The van der Waals surface area contributed by atoms with Crippen LogP contribution in [0.15, 0.2) is 164 Å². The fraction of sp³-hybridized carbons (Fsp3) is 0.0625. The monoisotopic (exact) mass is 651 g/mol. The molecule has 0 radical (unpaired) electrons. The fourth-order valence-electron chi connectivity index (χ4n) is 7.63. The molecule has 1 aromatic heterocycles. The lowest BCUT2D eigenvalue weighted by atomic mass is 9.81. The molecule has 0 unspecified atom stereocenters. The van der Waals surface area contributed by atoms with Crippen LogP contribution in [0.4, 0.5) is 0 Å². The van der Waals surface area contributed by atoms with Gasteiger partial charge in [0.2, 0.25) is 0 Å². The molecular weight excluding hydrogens is 619 g/mol. The van der Waals surface area contributed by atoms with E-state index in [4.69, 9.17) is 9.97 Å². The van der Waals surface area contributed by atoms with Gasteiger partial charge in [-0.15, -0.1) is 0 Å². The van der Waals surface area contributed by atoms with Crippen LogP contribution >= 0.6 is 0 Å². The molecule has 1 heterocycles. The van der Waals surface area contributed by atoms with Crippen LogP contribution in [-0.2, 0) is 5.41 Å². The van der Waals surface area contributed by atoms with Crippen molar-refractivity contribution in [2.24, 2.45) is 0 Å². The molecule has 51 heavy (non-hydrogen) atoms. The van der Waals surface area contributed by atoms with Crippen molar-refractivity contribution in [3.8, 4) is 73.4 Å². The number of nitriles is 1. The SMILES string of the molecule is CC1(C)c2cc(C#N)ccc2-c2c(-c3cccc(-c4cccc(-c5nc(-c6ccccc6)cc(-c6ccc7ccccc7c6)n5)c4)c3)cccc21. The second kappa shape index (κ2) is 12.1. The molecule has 9 rings (SSSR count). The number of fused-ring (bicyclic) bond motifs is 4. The van der Waals surface area contributed by atoms with E-state index in [1.807, 2.05) is 24.3 Å². The number of nitrogens with zero attached hydrogens (tertiary/aromatic N) is 3. The second-order valence-electron chi connectivity index (χ2n) is 13.8. The number of hydrogen-bond donors (Lipinski definition) is 0. The third-order valence-corrected chi connectivity index (χ3v) is 10.3. The zero-order valence-electron chi connectivity index (χ0n) is 28.4. The largest absolute Gasteiger partial charge is 0.228 e. The number of aromatic nitrogens is 2. The maximum absolute atomic E-state index is 9.63. The molecule has 240 valence electrons. The minimum absolute atomic E-state index is 0.195. The Morgan fingerprint density at radius 2 is 1.10 bits per heavy atom. The normalized spacial score (nSPS) is 12.6. The Morgan fingerprint density at radius 3 is 1.88 bits per heavy atom. The molecule has 0 aliphatic heterocycles. The summed E-state index contributed by atoms with van der Waals surface area (Å²) in [5, 5.41) is 12.0. The minimum Gasteiger partial charge on any atom is -0.228 e. The van der Waals surface area contributed by atoms with E-state index in [0.717, 1.165) is 44.8 Å². The molecule has 0 saturated carbocycles. The number of benzene rings is 7. The van der Waals surface area contributed by atoms with Crippen LogP contribution in [-0.4, -0.2) is 9.97 Å². The van der Waals surface area contributed by atoms with Crippen molar-refractivity contribution in [3.05, 3.63) is 180 Å². The van der Waals surface area contributed by atoms with Crippen molar-refractivity contribution in [1.82, 2.24) is 9.97 Å². The molecule has 0 saturated heterocycles. The minimum atomic E-state index is -0.195. The molecule has 1 aliphatic rings. The Morgan fingerprint density at radius 1 is 0.451 bits per heavy atom. The Bertz CT molecular complexity index is 2680. The van der Waals surface area contributed by atoms with Gasteiger partial charge in [-0.25, -0.2) is 9.97 Å². The van der Waals surface area contributed by atoms with E-state index in [1.165, 1.54) is 38.6 Å². The summed E-state index contributed by atoms with van der Waals surface area (Å²) in [4.78, 5) is 10.3. The lowest BCUT2D eigenvalue weighted by Crippen LogP contribution is -2.15. The van der Waals surface area contributed by atoms with E-state index < -0.39 is 0 Å². The van der Waals surface area contributed by atoms with Gasteiger partial charge in [-0.1, -0.05) is 141 Å². The Hall–Kier alpha value is -6.63. The molecule has 0 atom stereocenters. The molecule has 0 bridgehead atoms. The van der Waals surface area contributed by atoms with Gasteiger partial charge in [0.15, 0.2) is 5.82 Å². The first-order valence-electron chi connectivity index (χ1n) is 17.3. The van der Waals surface area contributed by atoms with E-state index >= 15 is 0 Å². The molecule has 1 aliphatic carbocycles. The summed E-state index contributed by atoms with van der Waals surface area (Å²) in [6.45, 7) is 4.51. The molecule has 7 aromatic carbocycles. The molecular formula is C48H33N3. The Kier molecular flexibility index (Phi) is 7.19. The Labute approximate surface area is 298 Å². The van der Waals surface area contributed by atoms with Gasteiger partial charge in [0, 0.05) is 22.1 Å². The standard InChI is InChI=1S/C48H33N3/c1-48(2)42-20-10-19-40(46(42)41-24-21-31(30-49)25-43(41)48)37-17-8-15-35(26-37)36-16-9-18-39(28-36)47-50-44(33-12-4-3-5-13-33)29-45(51-47)38-23-22-32-11-6-7-14-34(32)27-38/h3-29H,1-2H3. The van der Waals surface area contributed by atoms with Crippen molar-refractivity contribution in [2.45, 2.75) is 19.3 Å². The van der Waals surface area contributed by atoms with Crippen LogP contribution in [0.5, 0.6) is 0 Å². The van der Waals surface area contributed by atoms with Gasteiger partial charge in [-0.2, -0.15) is 5.26 Å². The summed E-state index contributed by atoms with van der Waals surface area (Å²) < 4.78 is 0. The van der Waals surface area contributed by atoms with E-state index in [9.17, 15) is 5.26 Å². The van der Waals surface area contributed by atoms with E-state index in [2.05, 4.69) is 159 Å². The van der Waals surface area contributed by atoms with Gasteiger partial charge in [0.25, 0.3) is 0 Å². The van der Waals surface area contributed by atoms with Crippen molar-refractivity contribution >= 4 is 10.8 Å². The van der Waals surface area contributed by atoms with Gasteiger partial charge in [-0.05, 0) is 91.7 Å². The zero-order valence-corrected chi connectivity index (χ0v) is 28.4. The second-order valence-corrected chi connectivity index (χ2v) is 13.8. The highest BCUT2D eigenvalue weighted by atomic mass is 14.9. The van der Waals surface area contributed by atoms with E-state index in [1.54, 1.807) is 0 Å².